The summed E-state index contributed by atoms with van der Waals surface area (Å²) in [6.07, 6.45) is 2.42. The van der Waals surface area contributed by atoms with Gasteiger partial charge in [-0.2, -0.15) is 5.26 Å². The first-order valence-corrected chi connectivity index (χ1v) is 14.6. The summed E-state index contributed by atoms with van der Waals surface area (Å²) >= 11 is 9.06. The summed E-state index contributed by atoms with van der Waals surface area (Å²) < 4.78 is 0.590. The number of benzene rings is 2. The molecule has 0 saturated heterocycles. The van der Waals surface area contributed by atoms with E-state index in [1.165, 1.54) is 23.1 Å². The summed E-state index contributed by atoms with van der Waals surface area (Å²) in [7, 11) is 0. The number of anilines is 1. The van der Waals surface area contributed by atoms with Crippen LogP contribution < -0.4 is 16.0 Å². The van der Waals surface area contributed by atoms with Crippen molar-refractivity contribution in [1.82, 2.24) is 15.5 Å². The van der Waals surface area contributed by atoms with Gasteiger partial charge in [-0.3, -0.25) is 14.5 Å². The third-order valence-electron chi connectivity index (χ3n) is 6.62. The van der Waals surface area contributed by atoms with Crippen LogP contribution in [0.4, 0.5) is 5.13 Å². The number of nitrogens with two attached hydrogens (primary N) is 1. The molecule has 0 bridgehead atoms. The van der Waals surface area contributed by atoms with Crippen LogP contribution in [0.5, 0.6) is 0 Å². The number of hydrogen-bond acceptors (Lipinski definition) is 9. The van der Waals surface area contributed by atoms with Crippen LogP contribution in [-0.4, -0.2) is 34.2 Å². The number of nitrogens with one attached hydrogen (secondary N) is 1. The Hall–Kier alpha value is -3.65. The molecule has 3 aromatic rings. The Bertz CT molecular complexity index is 1510. The highest BCUT2D eigenvalue weighted by Gasteiger charge is 2.41. The molecular formula is C28H25ClN6O2S2. The minimum Gasteiger partial charge on any atom is -0.384 e. The molecule has 1 unspecified atom stereocenters. The zero-order chi connectivity index (χ0) is 27.4. The molecule has 1 atom stereocenters. The van der Waals surface area contributed by atoms with E-state index < -0.39 is 5.92 Å². The van der Waals surface area contributed by atoms with Crippen LogP contribution in [0, 0.1) is 11.3 Å². The van der Waals surface area contributed by atoms with Crippen LogP contribution in [0.1, 0.15) is 36.3 Å². The molecule has 1 aliphatic carbocycles. The number of allylic oxidation sites excluding steroid dienone is 3. The lowest BCUT2D eigenvalue weighted by atomic mass is 9.76. The maximum absolute atomic E-state index is 13.2. The Labute approximate surface area is 239 Å². The first kappa shape index (κ1) is 26.9. The highest BCUT2D eigenvalue weighted by atomic mass is 35.5. The molecule has 2 aromatic carbocycles. The Morgan fingerprint density at radius 2 is 1.95 bits per heavy atom. The summed E-state index contributed by atoms with van der Waals surface area (Å²) in [5, 5.41) is 22.6. The van der Waals surface area contributed by atoms with Crippen molar-refractivity contribution in [2.24, 2.45) is 5.73 Å². The fraction of sp³-hybridized carbons (Fsp3) is 0.250. The second-order valence-corrected chi connectivity index (χ2v) is 11.6. The fourth-order valence-corrected chi connectivity index (χ4v) is 6.80. The van der Waals surface area contributed by atoms with E-state index in [9.17, 15) is 14.9 Å². The predicted molar refractivity (Wildman–Crippen MR) is 153 cm³/mol. The van der Waals surface area contributed by atoms with E-state index in [1.54, 1.807) is 11.0 Å². The zero-order valence-electron chi connectivity index (χ0n) is 20.9. The number of halogens is 1. The smallest absolute Gasteiger partial charge is 0.230 e. The number of nitrogens with zero attached hydrogens (tertiary/aromatic N) is 4. The van der Waals surface area contributed by atoms with Crippen LogP contribution in [0.15, 0.2) is 81.6 Å². The average Bonchev–Trinajstić information content (AvgIpc) is 3.41. The van der Waals surface area contributed by atoms with Gasteiger partial charge in [0.25, 0.3) is 0 Å². The van der Waals surface area contributed by atoms with Gasteiger partial charge in [0, 0.05) is 29.3 Å². The number of hydrogen-bond donors (Lipinski definition) is 2. The van der Waals surface area contributed by atoms with Crippen LogP contribution in [0.25, 0.3) is 0 Å². The molecular weight excluding hydrogens is 552 g/mol. The maximum Gasteiger partial charge on any atom is 0.230 e. The summed E-state index contributed by atoms with van der Waals surface area (Å²) in [5.74, 6) is -0.356. The predicted octanol–water partition coefficient (Wildman–Crippen LogP) is 4.95. The van der Waals surface area contributed by atoms with Crippen LogP contribution in [0.2, 0.25) is 5.02 Å². The first-order valence-electron chi connectivity index (χ1n) is 12.5. The quantitative estimate of drug-likeness (QED) is 0.361. The maximum atomic E-state index is 13.2. The van der Waals surface area contributed by atoms with E-state index in [-0.39, 0.29) is 28.8 Å². The Morgan fingerprint density at radius 3 is 2.72 bits per heavy atom. The number of thioether (sulfide) groups is 1. The fourth-order valence-electron chi connectivity index (χ4n) is 4.85. The molecule has 1 aromatic heterocycles. The molecule has 1 amide bonds. The number of carbonyl (C=O) groups excluding carboxylic acids is 2. The van der Waals surface area contributed by atoms with Crippen molar-refractivity contribution in [2.75, 3.05) is 17.2 Å². The highest BCUT2D eigenvalue weighted by molar-refractivity contribution is 8.01. The van der Waals surface area contributed by atoms with Crippen molar-refractivity contribution in [3.8, 4) is 6.07 Å². The van der Waals surface area contributed by atoms with E-state index in [2.05, 4.69) is 21.6 Å². The minimum atomic E-state index is -0.635. The van der Waals surface area contributed by atoms with Gasteiger partial charge in [0.2, 0.25) is 11.0 Å². The molecule has 5 rings (SSSR count). The molecule has 2 heterocycles. The van der Waals surface area contributed by atoms with E-state index in [0.717, 1.165) is 17.7 Å². The SMILES string of the molecule is N#CC1=C(N)N(c2nnc(SCC(=O)NCCc3ccccc3)s2)C2=C(C(=O)CCC2)C1c1ccccc1Cl. The second-order valence-electron chi connectivity index (χ2n) is 9.06. The lowest BCUT2D eigenvalue weighted by Crippen LogP contribution is -2.38. The van der Waals surface area contributed by atoms with Crippen LogP contribution in [-0.2, 0) is 16.0 Å². The summed E-state index contributed by atoms with van der Waals surface area (Å²) in [6, 6.07) is 19.4. The normalized spacial score (nSPS) is 17.2. The minimum absolute atomic E-state index is 0.0299. The van der Waals surface area contributed by atoms with Crippen molar-refractivity contribution < 1.29 is 9.59 Å². The van der Waals surface area contributed by atoms with Gasteiger partial charge in [0.1, 0.15) is 5.82 Å². The van der Waals surface area contributed by atoms with Gasteiger partial charge in [-0.25, -0.2) is 0 Å². The van der Waals surface area contributed by atoms with Gasteiger partial charge < -0.3 is 11.1 Å². The van der Waals surface area contributed by atoms with E-state index in [4.69, 9.17) is 17.3 Å². The van der Waals surface area contributed by atoms with E-state index in [0.29, 0.717) is 51.4 Å². The van der Waals surface area contributed by atoms with Gasteiger partial charge in [0.15, 0.2) is 10.1 Å². The molecule has 0 saturated carbocycles. The third kappa shape index (κ3) is 5.71. The number of rotatable bonds is 8. The van der Waals surface area contributed by atoms with Crippen molar-refractivity contribution in [3.63, 3.8) is 0 Å². The van der Waals surface area contributed by atoms with Gasteiger partial charge in [-0.05, 0) is 36.5 Å². The number of Topliss-reactive ketones (excluding diaryl/α,β-unsaturated/α-hetero) is 1. The Kier molecular flexibility index (Phi) is 8.31. The Balaban J connectivity index is 1.35. The molecule has 8 nitrogen and oxygen atoms in total. The second kappa shape index (κ2) is 12.0. The van der Waals surface area contributed by atoms with Gasteiger partial charge in [0.05, 0.1) is 23.3 Å². The highest BCUT2D eigenvalue weighted by Crippen LogP contribution is 2.48. The lowest BCUT2D eigenvalue weighted by Gasteiger charge is -2.38. The molecule has 1 aliphatic heterocycles. The number of carbonyl (C=O) groups is 2. The molecule has 198 valence electrons. The van der Waals surface area contributed by atoms with Gasteiger partial charge in [-0.1, -0.05) is 83.2 Å². The van der Waals surface area contributed by atoms with Crippen LogP contribution >= 0.6 is 34.7 Å². The largest absolute Gasteiger partial charge is 0.384 e. The summed E-state index contributed by atoms with van der Waals surface area (Å²) in [5.41, 5.74) is 9.93. The monoisotopic (exact) mass is 576 g/mol. The Morgan fingerprint density at radius 1 is 1.18 bits per heavy atom. The molecule has 3 N–H and O–H groups in total. The number of ketones is 1. The topological polar surface area (TPSA) is 125 Å². The molecule has 0 spiro atoms. The third-order valence-corrected chi connectivity index (χ3v) is 9.01. The summed E-state index contributed by atoms with van der Waals surface area (Å²) in [6.45, 7) is 0.550. The standard InChI is InChI=1S/C28H25ClN6O2S2/c29-20-10-5-4-9-18(20)24-19(15-30)26(31)35(21-11-6-12-22(36)25(21)24)27-33-34-28(39-27)38-16-23(37)32-14-13-17-7-2-1-3-8-17/h1-5,7-10,24H,6,11-14,16,31H2,(H,32,37). The van der Waals surface area contributed by atoms with E-state index in [1.807, 2.05) is 48.5 Å². The van der Waals surface area contributed by atoms with Crippen molar-refractivity contribution in [2.45, 2.75) is 35.9 Å². The number of aromatic nitrogens is 2. The average molecular weight is 577 g/mol. The molecule has 39 heavy (non-hydrogen) atoms. The van der Waals surface area contributed by atoms with Crippen molar-refractivity contribution >= 4 is 51.5 Å². The lowest BCUT2D eigenvalue weighted by molar-refractivity contribution is -0.118. The molecule has 0 fully saturated rings. The van der Waals surface area contributed by atoms with E-state index >= 15 is 0 Å². The zero-order valence-corrected chi connectivity index (χ0v) is 23.3. The number of amides is 1. The molecule has 2 aliphatic rings. The first-order chi connectivity index (χ1) is 19.0. The summed E-state index contributed by atoms with van der Waals surface area (Å²) in [4.78, 5) is 27.3. The van der Waals surface area contributed by atoms with Gasteiger partial charge >= 0.3 is 0 Å². The van der Waals surface area contributed by atoms with Gasteiger partial charge in [-0.15, -0.1) is 10.2 Å². The van der Waals surface area contributed by atoms with Crippen molar-refractivity contribution in [1.29, 1.82) is 5.26 Å². The molecule has 0 radical (unpaired) electrons. The molecule has 11 heteroatoms. The number of nitriles is 1. The van der Waals surface area contributed by atoms with Crippen molar-refractivity contribution in [3.05, 3.63) is 93.4 Å². The van der Waals surface area contributed by atoms with Crippen LogP contribution in [0.3, 0.4) is 0 Å².